The second-order valence-corrected chi connectivity index (χ2v) is 5.20. The molecule has 0 atom stereocenters. The number of carbonyl (C=O) groups is 1. The van der Waals surface area contributed by atoms with E-state index in [9.17, 15) is 23.7 Å². The summed E-state index contributed by atoms with van der Waals surface area (Å²) in [6.45, 7) is 1.85. The van der Waals surface area contributed by atoms with Gasteiger partial charge in [0.05, 0.1) is 17.1 Å². The van der Waals surface area contributed by atoms with E-state index in [1.165, 1.54) is 0 Å². The molecule has 0 heterocycles. The van der Waals surface area contributed by atoms with Crippen molar-refractivity contribution < 1.29 is 18.5 Å². The predicted molar refractivity (Wildman–Crippen MR) is 68.1 cm³/mol. The van der Waals surface area contributed by atoms with Crippen LogP contribution in [0.25, 0.3) is 0 Å². The normalized spacial score (nSPS) is 23.8. The van der Waals surface area contributed by atoms with Crippen LogP contribution in [0.15, 0.2) is 12.1 Å². The average Bonchev–Trinajstić information content (AvgIpc) is 2.37. The second kappa shape index (κ2) is 5.09. The molecule has 0 spiro atoms. The van der Waals surface area contributed by atoms with E-state index in [-0.39, 0.29) is 5.92 Å². The number of nitrogens with zero attached hydrogens (tertiary/aromatic N) is 2. The topological polar surface area (TPSA) is 96.0 Å². The average molecular weight is 295 g/mol. The Morgan fingerprint density at radius 2 is 2.14 bits per heavy atom. The summed E-state index contributed by atoms with van der Waals surface area (Å²) >= 11 is 0. The first kappa shape index (κ1) is 14.8. The fourth-order valence-electron chi connectivity index (χ4n) is 2.52. The number of carbonyl (C=O) groups excluding carboxylic acids is 1. The van der Waals surface area contributed by atoms with Crippen LogP contribution in [0.1, 0.15) is 19.8 Å². The third kappa shape index (κ3) is 2.54. The molecule has 0 aromatic heterocycles. The van der Waals surface area contributed by atoms with Gasteiger partial charge < -0.3 is 5.32 Å². The third-order valence-electron chi connectivity index (χ3n) is 3.51. The number of nitrogens with one attached hydrogen (secondary N) is 1. The molecular weight excluding hydrogens is 284 g/mol. The maximum Gasteiger partial charge on any atom is 0.298 e. The molecule has 1 N–H and O–H groups in total. The number of hydrogen-bond donors (Lipinski definition) is 1. The first-order chi connectivity index (χ1) is 9.79. The highest BCUT2D eigenvalue weighted by atomic mass is 19.1. The highest BCUT2D eigenvalue weighted by Gasteiger charge is 2.49. The lowest BCUT2D eigenvalue weighted by Crippen LogP contribution is -2.45. The van der Waals surface area contributed by atoms with Crippen molar-refractivity contribution in [2.45, 2.75) is 19.8 Å². The molecule has 1 aliphatic rings. The minimum absolute atomic E-state index is 0.170. The molecule has 0 saturated heterocycles. The molecule has 1 saturated carbocycles. The molecular formula is C13H11F2N3O3. The summed E-state index contributed by atoms with van der Waals surface area (Å²) in [5.41, 5.74) is -2.92. The fraction of sp³-hybridized carbons (Fsp3) is 0.385. The molecule has 1 amide bonds. The van der Waals surface area contributed by atoms with Crippen molar-refractivity contribution in [3.63, 3.8) is 0 Å². The molecule has 1 aromatic carbocycles. The zero-order valence-electron chi connectivity index (χ0n) is 11.0. The van der Waals surface area contributed by atoms with Crippen LogP contribution < -0.4 is 5.32 Å². The minimum atomic E-state index is -1.31. The van der Waals surface area contributed by atoms with Crippen LogP contribution in [-0.4, -0.2) is 10.8 Å². The molecule has 110 valence electrons. The zero-order chi connectivity index (χ0) is 15.8. The standard InChI is InChI=1S/C13H11F2N3O3/c1-7-4-13(5-7,6-16)12(19)17-11-9(15)2-8(14)3-10(11)18(20)21/h2-3,7H,4-5H2,1H3,(H,17,19). The summed E-state index contributed by atoms with van der Waals surface area (Å²) in [6, 6.07) is 2.82. The summed E-state index contributed by atoms with van der Waals surface area (Å²) in [5, 5.41) is 22.0. The van der Waals surface area contributed by atoms with Gasteiger partial charge in [0.15, 0.2) is 11.5 Å². The van der Waals surface area contributed by atoms with E-state index >= 15 is 0 Å². The van der Waals surface area contributed by atoms with Crippen LogP contribution in [-0.2, 0) is 4.79 Å². The van der Waals surface area contributed by atoms with Gasteiger partial charge in [-0.2, -0.15) is 5.26 Å². The van der Waals surface area contributed by atoms with E-state index in [2.05, 4.69) is 5.32 Å². The zero-order valence-corrected chi connectivity index (χ0v) is 11.0. The highest BCUT2D eigenvalue weighted by Crippen LogP contribution is 2.46. The maximum absolute atomic E-state index is 13.7. The molecule has 1 aromatic rings. The lowest BCUT2D eigenvalue weighted by molar-refractivity contribution is -0.384. The van der Waals surface area contributed by atoms with E-state index in [1.54, 1.807) is 0 Å². The van der Waals surface area contributed by atoms with Crippen molar-refractivity contribution in [3.05, 3.63) is 33.9 Å². The number of benzene rings is 1. The van der Waals surface area contributed by atoms with Gasteiger partial charge in [0.1, 0.15) is 11.2 Å². The van der Waals surface area contributed by atoms with Crippen LogP contribution in [0, 0.1) is 44.4 Å². The fourth-order valence-corrected chi connectivity index (χ4v) is 2.52. The molecule has 6 nitrogen and oxygen atoms in total. The van der Waals surface area contributed by atoms with Crippen molar-refractivity contribution >= 4 is 17.3 Å². The van der Waals surface area contributed by atoms with E-state index in [1.807, 2.05) is 13.0 Å². The van der Waals surface area contributed by atoms with Gasteiger partial charge in [0.25, 0.3) is 5.69 Å². The Hall–Kier alpha value is -2.56. The van der Waals surface area contributed by atoms with Crippen molar-refractivity contribution in [2.75, 3.05) is 5.32 Å². The van der Waals surface area contributed by atoms with Gasteiger partial charge in [-0.1, -0.05) is 6.92 Å². The first-order valence-electron chi connectivity index (χ1n) is 6.15. The van der Waals surface area contributed by atoms with E-state index in [4.69, 9.17) is 5.26 Å². The lowest BCUT2D eigenvalue weighted by atomic mass is 9.63. The molecule has 1 aliphatic carbocycles. The quantitative estimate of drug-likeness (QED) is 0.685. The van der Waals surface area contributed by atoms with Gasteiger partial charge in [0.2, 0.25) is 5.91 Å². The molecule has 21 heavy (non-hydrogen) atoms. The minimum Gasteiger partial charge on any atom is -0.317 e. The summed E-state index contributed by atoms with van der Waals surface area (Å²) in [7, 11) is 0. The van der Waals surface area contributed by atoms with E-state index in [0.29, 0.717) is 25.0 Å². The van der Waals surface area contributed by atoms with Gasteiger partial charge in [-0.3, -0.25) is 14.9 Å². The predicted octanol–water partition coefficient (Wildman–Crippen LogP) is 2.75. The van der Waals surface area contributed by atoms with Gasteiger partial charge in [0, 0.05) is 6.07 Å². The number of amides is 1. The number of hydrogen-bond acceptors (Lipinski definition) is 4. The van der Waals surface area contributed by atoms with Crippen LogP contribution in [0.2, 0.25) is 0 Å². The van der Waals surface area contributed by atoms with Gasteiger partial charge in [-0.15, -0.1) is 0 Å². The van der Waals surface area contributed by atoms with Crippen LogP contribution >= 0.6 is 0 Å². The number of nitriles is 1. The molecule has 0 aliphatic heterocycles. The van der Waals surface area contributed by atoms with Gasteiger partial charge in [-0.25, -0.2) is 8.78 Å². The third-order valence-corrected chi connectivity index (χ3v) is 3.51. The smallest absolute Gasteiger partial charge is 0.298 e. The SMILES string of the molecule is CC1CC(C#N)(C(=O)Nc2c(F)cc(F)cc2[N+](=O)[O-])C1. The van der Waals surface area contributed by atoms with Crippen LogP contribution in [0.4, 0.5) is 20.2 Å². The second-order valence-electron chi connectivity index (χ2n) is 5.20. The van der Waals surface area contributed by atoms with Crippen molar-refractivity contribution in [3.8, 4) is 6.07 Å². The first-order valence-corrected chi connectivity index (χ1v) is 6.15. The Bertz CT molecular complexity index is 663. The largest absolute Gasteiger partial charge is 0.317 e. The van der Waals surface area contributed by atoms with Crippen molar-refractivity contribution in [2.24, 2.45) is 11.3 Å². The summed E-state index contributed by atoms with van der Waals surface area (Å²) in [4.78, 5) is 21.9. The molecule has 0 radical (unpaired) electrons. The Balaban J connectivity index is 2.34. The van der Waals surface area contributed by atoms with Crippen molar-refractivity contribution in [1.82, 2.24) is 0 Å². The number of nitro groups is 1. The monoisotopic (exact) mass is 295 g/mol. The Labute approximate surface area is 118 Å². The van der Waals surface area contributed by atoms with Crippen LogP contribution in [0.5, 0.6) is 0 Å². The van der Waals surface area contributed by atoms with Gasteiger partial charge >= 0.3 is 0 Å². The number of nitro benzene ring substituents is 1. The highest BCUT2D eigenvalue weighted by molar-refractivity contribution is 5.99. The molecule has 0 bridgehead atoms. The summed E-state index contributed by atoms with van der Waals surface area (Å²) < 4.78 is 26.7. The van der Waals surface area contributed by atoms with Crippen molar-refractivity contribution in [1.29, 1.82) is 5.26 Å². The number of anilines is 1. The lowest BCUT2D eigenvalue weighted by Gasteiger charge is -2.39. The maximum atomic E-state index is 13.7. The summed E-state index contributed by atoms with van der Waals surface area (Å²) in [6.07, 6.45) is 0.595. The van der Waals surface area contributed by atoms with E-state index < -0.39 is 39.3 Å². The molecule has 1 fully saturated rings. The Morgan fingerprint density at radius 3 is 2.62 bits per heavy atom. The van der Waals surface area contributed by atoms with Gasteiger partial charge in [-0.05, 0) is 18.8 Å². The molecule has 0 unspecified atom stereocenters. The number of rotatable bonds is 3. The number of halogens is 2. The Kier molecular flexibility index (Phi) is 3.60. The van der Waals surface area contributed by atoms with Crippen LogP contribution in [0.3, 0.4) is 0 Å². The molecule has 2 rings (SSSR count). The Morgan fingerprint density at radius 1 is 1.52 bits per heavy atom. The van der Waals surface area contributed by atoms with E-state index in [0.717, 1.165) is 0 Å². The summed E-state index contributed by atoms with van der Waals surface area (Å²) in [5.74, 6) is -3.01. The molecule has 8 heteroatoms.